The number of hydrogen-bond acceptors (Lipinski definition) is 4. The lowest BCUT2D eigenvalue weighted by molar-refractivity contribution is 0.0984. The van der Waals surface area contributed by atoms with Gasteiger partial charge in [0.05, 0.1) is 6.54 Å². The van der Waals surface area contributed by atoms with Crippen molar-refractivity contribution < 1.29 is 9.18 Å². The summed E-state index contributed by atoms with van der Waals surface area (Å²) in [6, 6.07) is 13.4. The van der Waals surface area contributed by atoms with Crippen molar-refractivity contribution in [1.29, 1.82) is 0 Å². The van der Waals surface area contributed by atoms with Gasteiger partial charge in [-0.3, -0.25) is 14.7 Å². The molecular weight excluding hydrogens is 397 g/mol. The van der Waals surface area contributed by atoms with Gasteiger partial charge in [0.15, 0.2) is 0 Å². The molecule has 2 aromatic heterocycles. The highest BCUT2D eigenvalue weighted by Gasteiger charge is 2.20. The number of benzene rings is 2. The third kappa shape index (κ3) is 3.88. The number of H-pyrrole nitrogens is 1. The lowest BCUT2D eigenvalue weighted by Crippen LogP contribution is -2.31. The molecule has 2 heterocycles. The molecule has 0 spiro atoms. The molecule has 0 saturated carbocycles. The largest absolute Gasteiger partial charge is 0.301 e. The van der Waals surface area contributed by atoms with E-state index >= 15 is 0 Å². The molecular formula is C20H15ClFN5O2. The number of aromatic amines is 1. The molecule has 9 heteroatoms. The first-order valence-electron chi connectivity index (χ1n) is 8.69. The quantitative estimate of drug-likeness (QED) is 0.558. The number of rotatable bonds is 4. The minimum absolute atomic E-state index is 0.0414. The lowest BCUT2D eigenvalue weighted by atomic mass is 10.1. The molecule has 1 amide bonds. The third-order valence-electron chi connectivity index (χ3n) is 4.29. The lowest BCUT2D eigenvalue weighted by Gasteiger charge is -2.22. The van der Waals surface area contributed by atoms with E-state index in [1.54, 1.807) is 31.2 Å². The summed E-state index contributed by atoms with van der Waals surface area (Å²) >= 11 is 5.97. The Balaban J connectivity index is 1.75. The Morgan fingerprint density at radius 1 is 1.14 bits per heavy atom. The molecule has 0 aliphatic heterocycles. The predicted molar refractivity (Wildman–Crippen MR) is 107 cm³/mol. The first-order chi connectivity index (χ1) is 13.9. The Morgan fingerprint density at radius 3 is 2.52 bits per heavy atom. The fraction of sp³-hybridized carbons (Fsp3) is 0.100. The average molecular weight is 412 g/mol. The van der Waals surface area contributed by atoms with Crippen molar-refractivity contribution in [2.75, 3.05) is 4.90 Å². The monoisotopic (exact) mass is 411 g/mol. The molecule has 4 aromatic rings. The molecule has 0 unspecified atom stereocenters. The average Bonchev–Trinajstić information content (AvgIpc) is 3.10. The molecule has 29 heavy (non-hydrogen) atoms. The van der Waals surface area contributed by atoms with Crippen molar-refractivity contribution in [2.24, 2.45) is 0 Å². The Hall–Kier alpha value is -3.52. The zero-order valence-corrected chi connectivity index (χ0v) is 16.0. The van der Waals surface area contributed by atoms with E-state index in [1.165, 1.54) is 39.7 Å². The number of halogens is 2. The van der Waals surface area contributed by atoms with Gasteiger partial charge >= 0.3 is 0 Å². The Bertz CT molecular complexity index is 1250. The highest BCUT2D eigenvalue weighted by Crippen LogP contribution is 2.22. The maximum Gasteiger partial charge on any atom is 0.274 e. The minimum Gasteiger partial charge on any atom is -0.301 e. The molecule has 2 aromatic carbocycles. The number of nitrogens with one attached hydrogen (secondary N) is 1. The second-order valence-corrected chi connectivity index (χ2v) is 6.85. The summed E-state index contributed by atoms with van der Waals surface area (Å²) in [6.45, 7) is 1.74. The molecule has 0 atom stereocenters. The maximum atomic E-state index is 13.3. The van der Waals surface area contributed by atoms with E-state index in [4.69, 9.17) is 11.6 Å². The minimum atomic E-state index is -0.433. The molecule has 0 aliphatic carbocycles. The number of aromatic nitrogens is 4. The van der Waals surface area contributed by atoms with Crippen molar-refractivity contribution in [2.45, 2.75) is 13.5 Å². The second kappa shape index (κ2) is 7.48. The van der Waals surface area contributed by atoms with Crippen LogP contribution in [0.2, 0.25) is 5.02 Å². The van der Waals surface area contributed by atoms with Crippen LogP contribution in [0.25, 0.3) is 5.78 Å². The number of fused-ring (bicyclic) bond motifs is 1. The number of hydrogen-bond donors (Lipinski definition) is 1. The number of aryl methyl sites for hydroxylation is 1. The standard InChI is InChI=1S/C20H15ClFN5O2/c1-12-10-18(28)27-20(23-12)24-17(25-27)11-26(16-8-4-14(21)5-9-16)19(29)13-2-6-15(22)7-3-13/h2-10H,11H2,1H3,(H,23,24,25). The molecule has 0 saturated heterocycles. The van der Waals surface area contributed by atoms with Crippen LogP contribution in [0.3, 0.4) is 0 Å². The maximum absolute atomic E-state index is 13.3. The summed E-state index contributed by atoms with van der Waals surface area (Å²) < 4.78 is 14.5. The van der Waals surface area contributed by atoms with Gasteiger partial charge in [-0.05, 0) is 55.5 Å². The van der Waals surface area contributed by atoms with Gasteiger partial charge in [-0.15, -0.1) is 0 Å². The number of anilines is 1. The van der Waals surface area contributed by atoms with Crippen molar-refractivity contribution in [1.82, 2.24) is 19.6 Å². The zero-order valence-electron chi connectivity index (χ0n) is 15.3. The molecule has 1 N–H and O–H groups in total. The molecule has 0 bridgehead atoms. The van der Waals surface area contributed by atoms with Crippen LogP contribution in [0.5, 0.6) is 0 Å². The first-order valence-corrected chi connectivity index (χ1v) is 9.07. The normalized spacial score (nSPS) is 11.0. The smallest absolute Gasteiger partial charge is 0.274 e. The van der Waals surface area contributed by atoms with E-state index in [9.17, 15) is 14.0 Å². The Kier molecular flexibility index (Phi) is 4.85. The van der Waals surface area contributed by atoms with Gasteiger partial charge in [0, 0.05) is 28.0 Å². The third-order valence-corrected chi connectivity index (χ3v) is 4.54. The number of carbonyl (C=O) groups is 1. The number of amides is 1. The molecule has 0 radical (unpaired) electrons. The molecule has 146 valence electrons. The van der Waals surface area contributed by atoms with Gasteiger partial charge in [-0.25, -0.2) is 9.37 Å². The summed E-state index contributed by atoms with van der Waals surface area (Å²) in [7, 11) is 0. The fourth-order valence-electron chi connectivity index (χ4n) is 2.91. The number of carbonyl (C=O) groups excluding carboxylic acids is 1. The van der Waals surface area contributed by atoms with E-state index in [0.29, 0.717) is 27.8 Å². The Labute approximate surface area is 169 Å². The van der Waals surface area contributed by atoms with Gasteiger partial charge in [0.1, 0.15) is 11.6 Å². The van der Waals surface area contributed by atoms with Crippen LogP contribution in [0.15, 0.2) is 59.4 Å². The second-order valence-electron chi connectivity index (χ2n) is 6.42. The van der Waals surface area contributed by atoms with Gasteiger partial charge in [-0.2, -0.15) is 9.50 Å². The molecule has 0 fully saturated rings. The summed E-state index contributed by atoms with van der Waals surface area (Å²) in [5, 5.41) is 3.39. The van der Waals surface area contributed by atoms with Crippen molar-refractivity contribution in [3.8, 4) is 0 Å². The molecule has 7 nitrogen and oxygen atoms in total. The van der Waals surface area contributed by atoms with Crippen molar-refractivity contribution in [3.05, 3.63) is 92.9 Å². The summed E-state index contributed by atoms with van der Waals surface area (Å²) in [6.07, 6.45) is 0. The van der Waals surface area contributed by atoms with Crippen molar-refractivity contribution >= 4 is 29.0 Å². The van der Waals surface area contributed by atoms with Gasteiger partial charge in [0.25, 0.3) is 17.2 Å². The van der Waals surface area contributed by atoms with E-state index in [-0.39, 0.29) is 23.8 Å². The van der Waals surface area contributed by atoms with E-state index in [0.717, 1.165) is 0 Å². The zero-order chi connectivity index (χ0) is 20.5. The van der Waals surface area contributed by atoms with E-state index in [1.807, 2.05) is 0 Å². The van der Waals surface area contributed by atoms with Crippen LogP contribution in [-0.4, -0.2) is 25.5 Å². The van der Waals surface area contributed by atoms with Crippen LogP contribution in [-0.2, 0) is 6.54 Å². The summed E-state index contributed by atoms with van der Waals surface area (Å²) in [5.74, 6) is -0.206. The first kappa shape index (κ1) is 18.8. The topological polar surface area (TPSA) is 83.4 Å². The highest BCUT2D eigenvalue weighted by atomic mass is 35.5. The van der Waals surface area contributed by atoms with Crippen LogP contribution < -0.4 is 10.5 Å². The fourth-order valence-corrected chi connectivity index (χ4v) is 3.03. The molecule has 4 rings (SSSR count). The van der Waals surface area contributed by atoms with E-state index < -0.39 is 5.82 Å². The van der Waals surface area contributed by atoms with Gasteiger partial charge < -0.3 is 4.90 Å². The highest BCUT2D eigenvalue weighted by molar-refractivity contribution is 6.30. The van der Waals surface area contributed by atoms with Crippen LogP contribution >= 0.6 is 11.6 Å². The molecule has 0 aliphatic rings. The Morgan fingerprint density at radius 2 is 1.83 bits per heavy atom. The number of nitrogens with zero attached hydrogens (tertiary/aromatic N) is 4. The van der Waals surface area contributed by atoms with Crippen LogP contribution in [0.4, 0.5) is 10.1 Å². The summed E-state index contributed by atoms with van der Waals surface area (Å²) in [5.41, 5.74) is 1.13. The van der Waals surface area contributed by atoms with Crippen LogP contribution in [0.1, 0.15) is 21.9 Å². The van der Waals surface area contributed by atoms with E-state index in [2.05, 4.69) is 15.1 Å². The van der Waals surface area contributed by atoms with Crippen molar-refractivity contribution in [3.63, 3.8) is 0 Å². The van der Waals surface area contributed by atoms with Gasteiger partial charge in [0.2, 0.25) is 0 Å². The van der Waals surface area contributed by atoms with Crippen LogP contribution in [0, 0.1) is 12.7 Å². The SMILES string of the molecule is Cc1cc(=O)n2[nH]c(CN(C(=O)c3ccc(F)cc3)c3ccc(Cl)cc3)nc2n1. The van der Waals surface area contributed by atoms with Gasteiger partial charge in [-0.1, -0.05) is 11.6 Å². The predicted octanol–water partition coefficient (Wildman–Crippen LogP) is 3.37. The summed E-state index contributed by atoms with van der Waals surface area (Å²) in [4.78, 5) is 35.2.